The molecule has 0 spiro atoms. The van der Waals surface area contributed by atoms with Gasteiger partial charge in [-0.1, -0.05) is 18.2 Å². The van der Waals surface area contributed by atoms with E-state index in [1.165, 1.54) is 32.4 Å². The number of pyridine rings is 1. The quantitative estimate of drug-likeness (QED) is 0.493. The molecule has 0 radical (unpaired) electrons. The number of methoxy groups -OCH3 is 2. The Labute approximate surface area is 183 Å². The Morgan fingerprint density at radius 3 is 2.53 bits per heavy atom. The second-order valence-corrected chi connectivity index (χ2v) is 6.84. The number of nitrogens with zero attached hydrogens (tertiary/aromatic N) is 1. The second kappa shape index (κ2) is 9.59. The summed E-state index contributed by atoms with van der Waals surface area (Å²) in [4.78, 5) is 16.4. The molecule has 168 valence electrons. The predicted molar refractivity (Wildman–Crippen MR) is 113 cm³/mol. The maximum atomic E-state index is 12.4. The lowest BCUT2D eigenvalue weighted by atomic mass is 10.00. The van der Waals surface area contributed by atoms with Crippen molar-refractivity contribution in [3.8, 4) is 22.6 Å². The lowest BCUT2D eigenvalue weighted by Gasteiger charge is -2.13. The molecule has 0 bridgehead atoms. The minimum absolute atomic E-state index is 0.260. The third kappa shape index (κ3) is 5.69. The summed E-state index contributed by atoms with van der Waals surface area (Å²) >= 11 is 0. The van der Waals surface area contributed by atoms with E-state index in [2.05, 4.69) is 15.0 Å². The Kier molecular flexibility index (Phi) is 6.87. The van der Waals surface area contributed by atoms with Gasteiger partial charge in [-0.25, -0.2) is 9.78 Å². The van der Waals surface area contributed by atoms with Gasteiger partial charge in [0.2, 0.25) is 0 Å². The number of hydrogen-bond acceptors (Lipinski definition) is 6. The maximum absolute atomic E-state index is 12.4. The Bertz CT molecular complexity index is 1120. The lowest BCUT2D eigenvalue weighted by molar-refractivity contribution is -0.274. The van der Waals surface area contributed by atoms with E-state index in [0.717, 1.165) is 16.7 Å². The molecule has 6 nitrogen and oxygen atoms in total. The van der Waals surface area contributed by atoms with Crippen molar-refractivity contribution in [2.75, 3.05) is 19.5 Å². The van der Waals surface area contributed by atoms with Gasteiger partial charge in [0, 0.05) is 18.3 Å². The van der Waals surface area contributed by atoms with Gasteiger partial charge in [-0.05, 0) is 53.9 Å². The van der Waals surface area contributed by atoms with Crippen LogP contribution in [-0.4, -0.2) is 31.5 Å². The monoisotopic (exact) mass is 446 g/mol. The molecule has 9 heteroatoms. The third-order valence-electron chi connectivity index (χ3n) is 4.63. The van der Waals surface area contributed by atoms with Gasteiger partial charge in [0.05, 0.1) is 14.2 Å². The predicted octanol–water partition coefficient (Wildman–Crippen LogP) is 5.36. The fourth-order valence-electron chi connectivity index (χ4n) is 3.15. The van der Waals surface area contributed by atoms with Crippen LogP contribution in [-0.2, 0) is 11.3 Å². The molecule has 0 unspecified atom stereocenters. The SMILES string of the molecule is COC(=O)c1cc(-c2cnc(NCc3cccc(OC(F)(F)F)c3)cc2C)ccc1OC. The van der Waals surface area contributed by atoms with Gasteiger partial charge < -0.3 is 19.5 Å². The van der Waals surface area contributed by atoms with E-state index in [4.69, 9.17) is 9.47 Å². The van der Waals surface area contributed by atoms with Gasteiger partial charge in [0.1, 0.15) is 22.9 Å². The molecule has 3 aromatic rings. The summed E-state index contributed by atoms with van der Waals surface area (Å²) in [6.07, 6.45) is -3.08. The van der Waals surface area contributed by atoms with Crippen LogP contribution in [0.5, 0.6) is 11.5 Å². The Morgan fingerprint density at radius 2 is 1.88 bits per heavy atom. The highest BCUT2D eigenvalue weighted by Gasteiger charge is 2.31. The molecule has 0 aliphatic heterocycles. The normalized spacial score (nSPS) is 11.1. The van der Waals surface area contributed by atoms with Crippen LogP contribution < -0.4 is 14.8 Å². The molecule has 0 fully saturated rings. The minimum Gasteiger partial charge on any atom is -0.496 e. The number of esters is 1. The highest BCUT2D eigenvalue weighted by atomic mass is 19.4. The number of rotatable bonds is 7. The summed E-state index contributed by atoms with van der Waals surface area (Å²) in [5, 5.41) is 3.09. The topological polar surface area (TPSA) is 69.7 Å². The number of benzene rings is 2. The molecular weight excluding hydrogens is 425 g/mol. The number of alkyl halides is 3. The number of anilines is 1. The van der Waals surface area contributed by atoms with Crippen LogP contribution in [0.15, 0.2) is 54.7 Å². The molecule has 2 aromatic carbocycles. The van der Waals surface area contributed by atoms with E-state index >= 15 is 0 Å². The molecule has 0 saturated carbocycles. The zero-order chi connectivity index (χ0) is 23.3. The number of hydrogen-bond donors (Lipinski definition) is 1. The van der Waals surface area contributed by atoms with Crippen LogP contribution in [0.4, 0.5) is 19.0 Å². The highest BCUT2D eigenvalue weighted by Crippen LogP contribution is 2.30. The molecule has 0 amide bonds. The standard InChI is InChI=1S/C23H21F3N2O4/c1-14-9-21(27-12-15-5-4-6-17(10-15)32-23(24,25)26)28-13-19(14)16-7-8-20(30-2)18(11-16)22(29)31-3/h4-11,13H,12H2,1-3H3,(H,27,28). The fourth-order valence-corrected chi connectivity index (χ4v) is 3.15. The van der Waals surface area contributed by atoms with Crippen molar-refractivity contribution in [1.29, 1.82) is 0 Å². The Balaban J connectivity index is 1.76. The number of carbonyl (C=O) groups is 1. The summed E-state index contributed by atoms with van der Waals surface area (Å²) in [7, 11) is 2.77. The smallest absolute Gasteiger partial charge is 0.496 e. The van der Waals surface area contributed by atoms with Crippen molar-refractivity contribution in [2.45, 2.75) is 19.8 Å². The number of carbonyl (C=O) groups excluding carboxylic acids is 1. The van der Waals surface area contributed by atoms with E-state index in [1.807, 2.05) is 19.1 Å². The number of nitrogens with one attached hydrogen (secondary N) is 1. The molecule has 32 heavy (non-hydrogen) atoms. The van der Waals surface area contributed by atoms with Crippen molar-refractivity contribution in [3.05, 3.63) is 71.4 Å². The zero-order valence-electron chi connectivity index (χ0n) is 17.6. The molecule has 0 atom stereocenters. The lowest BCUT2D eigenvalue weighted by Crippen LogP contribution is -2.17. The molecule has 1 N–H and O–H groups in total. The summed E-state index contributed by atoms with van der Waals surface area (Å²) in [5.41, 5.74) is 3.37. The Hall–Kier alpha value is -3.75. The molecule has 1 aromatic heterocycles. The summed E-state index contributed by atoms with van der Waals surface area (Å²) in [6.45, 7) is 2.15. The number of aryl methyl sites for hydroxylation is 1. The highest BCUT2D eigenvalue weighted by molar-refractivity contribution is 5.94. The van der Waals surface area contributed by atoms with Crippen molar-refractivity contribution in [1.82, 2.24) is 4.98 Å². The van der Waals surface area contributed by atoms with Crippen LogP contribution in [0.1, 0.15) is 21.5 Å². The first-order valence-electron chi connectivity index (χ1n) is 9.52. The molecule has 0 aliphatic rings. The van der Waals surface area contributed by atoms with Crippen molar-refractivity contribution < 1.29 is 32.2 Å². The van der Waals surface area contributed by atoms with Crippen LogP contribution >= 0.6 is 0 Å². The van der Waals surface area contributed by atoms with Crippen molar-refractivity contribution in [2.24, 2.45) is 0 Å². The van der Waals surface area contributed by atoms with Gasteiger partial charge in [0.25, 0.3) is 0 Å². The van der Waals surface area contributed by atoms with Gasteiger partial charge in [-0.2, -0.15) is 0 Å². The van der Waals surface area contributed by atoms with E-state index in [-0.39, 0.29) is 12.3 Å². The zero-order valence-corrected chi connectivity index (χ0v) is 17.6. The fraction of sp³-hybridized carbons (Fsp3) is 0.217. The van der Waals surface area contributed by atoms with Gasteiger partial charge in [0.15, 0.2) is 0 Å². The van der Waals surface area contributed by atoms with Crippen LogP contribution in [0.3, 0.4) is 0 Å². The second-order valence-electron chi connectivity index (χ2n) is 6.84. The van der Waals surface area contributed by atoms with Crippen molar-refractivity contribution in [3.63, 3.8) is 0 Å². The van der Waals surface area contributed by atoms with Crippen LogP contribution in [0.2, 0.25) is 0 Å². The number of aromatic nitrogens is 1. The summed E-state index contributed by atoms with van der Waals surface area (Å²) in [6, 6.07) is 12.7. The third-order valence-corrected chi connectivity index (χ3v) is 4.63. The largest absolute Gasteiger partial charge is 0.573 e. The summed E-state index contributed by atoms with van der Waals surface area (Å²) < 4.78 is 51.2. The van der Waals surface area contributed by atoms with Gasteiger partial charge in [-0.3, -0.25) is 0 Å². The maximum Gasteiger partial charge on any atom is 0.573 e. The van der Waals surface area contributed by atoms with Crippen LogP contribution in [0.25, 0.3) is 11.1 Å². The average Bonchev–Trinajstić information content (AvgIpc) is 2.76. The minimum atomic E-state index is -4.74. The number of halogens is 3. The molecule has 3 rings (SSSR count). The molecule has 0 aliphatic carbocycles. The number of ether oxygens (including phenoxy) is 3. The first-order valence-corrected chi connectivity index (χ1v) is 9.52. The van der Waals surface area contributed by atoms with E-state index in [1.54, 1.807) is 24.4 Å². The molecule has 0 saturated heterocycles. The first kappa shape index (κ1) is 22.9. The van der Waals surface area contributed by atoms with Crippen LogP contribution in [0, 0.1) is 6.92 Å². The van der Waals surface area contributed by atoms with Gasteiger partial charge >= 0.3 is 12.3 Å². The molecule has 1 heterocycles. The van der Waals surface area contributed by atoms with Crippen molar-refractivity contribution >= 4 is 11.8 Å². The Morgan fingerprint density at radius 1 is 1.09 bits per heavy atom. The molecular formula is C23H21F3N2O4. The van der Waals surface area contributed by atoms with Gasteiger partial charge in [-0.15, -0.1) is 13.2 Å². The van der Waals surface area contributed by atoms with E-state index < -0.39 is 12.3 Å². The van der Waals surface area contributed by atoms with E-state index in [9.17, 15) is 18.0 Å². The van der Waals surface area contributed by atoms with E-state index in [0.29, 0.717) is 22.7 Å². The summed E-state index contributed by atoms with van der Waals surface area (Å²) in [5.74, 6) is 0.165. The average molecular weight is 446 g/mol. The first-order chi connectivity index (χ1) is 15.2.